The lowest BCUT2D eigenvalue weighted by molar-refractivity contribution is -0.119. The minimum atomic E-state index is -0.563. The molecule has 0 radical (unpaired) electrons. The molecule has 1 aromatic carbocycles. The summed E-state index contributed by atoms with van der Waals surface area (Å²) in [5.74, 6) is -0.0738. The average Bonchev–Trinajstić information content (AvgIpc) is 3.21. The Labute approximate surface area is 177 Å². The summed E-state index contributed by atoms with van der Waals surface area (Å²) in [6.07, 6.45) is 0.393. The van der Waals surface area contributed by atoms with Crippen molar-refractivity contribution in [3.05, 3.63) is 47.6 Å². The van der Waals surface area contributed by atoms with E-state index < -0.39 is 12.2 Å². The van der Waals surface area contributed by atoms with Crippen molar-refractivity contribution in [3.63, 3.8) is 0 Å². The van der Waals surface area contributed by atoms with Gasteiger partial charge in [-0.15, -0.1) is 0 Å². The number of amides is 3. The molecular formula is C21H21FN4O5. The van der Waals surface area contributed by atoms with E-state index in [9.17, 15) is 18.8 Å². The number of hydrogen-bond acceptors (Lipinski definition) is 6. The van der Waals surface area contributed by atoms with E-state index in [-0.39, 0.29) is 54.2 Å². The van der Waals surface area contributed by atoms with Crippen LogP contribution in [0.1, 0.15) is 29.0 Å². The second-order valence-corrected chi connectivity index (χ2v) is 8.20. The van der Waals surface area contributed by atoms with Crippen molar-refractivity contribution in [3.8, 4) is 0 Å². The van der Waals surface area contributed by atoms with E-state index in [0.717, 1.165) is 0 Å². The maximum Gasteiger partial charge on any atom is 0.414 e. The Balaban J connectivity index is 1.22. The summed E-state index contributed by atoms with van der Waals surface area (Å²) in [6, 6.07) is 6.31. The summed E-state index contributed by atoms with van der Waals surface area (Å²) < 4.78 is 25.1. The Morgan fingerprint density at radius 3 is 2.65 bits per heavy atom. The number of nitrogens with one attached hydrogen (secondary N) is 1. The number of hydrogen-bond donors (Lipinski definition) is 1. The molecule has 0 bridgehead atoms. The van der Waals surface area contributed by atoms with Gasteiger partial charge in [-0.1, -0.05) is 11.2 Å². The number of ether oxygens (including phenoxy) is 1. The summed E-state index contributed by atoms with van der Waals surface area (Å²) in [5.41, 5.74) is 1.03. The first kappa shape index (κ1) is 19.5. The zero-order valence-electron chi connectivity index (χ0n) is 16.8. The number of rotatable bonds is 5. The molecule has 3 fully saturated rings. The van der Waals surface area contributed by atoms with E-state index in [1.54, 1.807) is 17.0 Å². The number of fused-ring (bicyclic) bond motifs is 1. The first-order valence-corrected chi connectivity index (χ1v) is 10.1. The minimum Gasteiger partial charge on any atom is -0.442 e. The van der Waals surface area contributed by atoms with Gasteiger partial charge in [-0.25, -0.2) is 9.18 Å². The number of likely N-dealkylation sites (tertiary alicyclic amines) is 1. The SMILES string of the molecule is CC(=O)NC[C@H]1CN(c2ccc([C@H]3[C@@H]4CN(C(=O)c5ccno5)C[C@@H]43)c(F)c2)C(=O)O1. The van der Waals surface area contributed by atoms with Crippen LogP contribution in [0.4, 0.5) is 14.9 Å². The highest BCUT2D eigenvalue weighted by Crippen LogP contribution is 2.59. The number of nitrogens with zero attached hydrogens (tertiary/aromatic N) is 3. The highest BCUT2D eigenvalue weighted by molar-refractivity contribution is 5.92. The predicted octanol–water partition coefficient (Wildman–Crippen LogP) is 1.76. The minimum absolute atomic E-state index is 0.0610. The molecule has 3 amide bonds. The van der Waals surface area contributed by atoms with E-state index >= 15 is 0 Å². The van der Waals surface area contributed by atoms with E-state index in [4.69, 9.17) is 9.26 Å². The normalized spacial score (nSPS) is 26.6. The van der Waals surface area contributed by atoms with Crippen LogP contribution < -0.4 is 10.2 Å². The number of halogens is 1. The van der Waals surface area contributed by atoms with Crippen LogP contribution in [-0.4, -0.2) is 60.2 Å². The lowest BCUT2D eigenvalue weighted by Gasteiger charge is -2.19. The smallest absolute Gasteiger partial charge is 0.414 e. The monoisotopic (exact) mass is 428 g/mol. The summed E-state index contributed by atoms with van der Waals surface area (Å²) in [4.78, 5) is 38.6. The van der Waals surface area contributed by atoms with Gasteiger partial charge in [-0.2, -0.15) is 0 Å². The van der Waals surface area contributed by atoms with Gasteiger partial charge in [-0.05, 0) is 35.4 Å². The Bertz CT molecular complexity index is 1030. The third kappa shape index (κ3) is 3.51. The summed E-state index contributed by atoms with van der Waals surface area (Å²) in [5, 5.41) is 6.17. The van der Waals surface area contributed by atoms with E-state index in [0.29, 0.717) is 24.3 Å². The Morgan fingerprint density at radius 2 is 2.00 bits per heavy atom. The van der Waals surface area contributed by atoms with Crippen molar-refractivity contribution >= 4 is 23.6 Å². The van der Waals surface area contributed by atoms with Crippen LogP contribution in [0.3, 0.4) is 0 Å². The molecule has 2 saturated heterocycles. The second-order valence-electron chi connectivity index (χ2n) is 8.20. The predicted molar refractivity (Wildman–Crippen MR) is 105 cm³/mol. The maximum atomic E-state index is 14.9. The number of anilines is 1. The molecule has 1 aliphatic carbocycles. The topological polar surface area (TPSA) is 105 Å². The Kier molecular flexibility index (Phi) is 4.64. The molecular weight excluding hydrogens is 407 g/mol. The maximum absolute atomic E-state index is 14.9. The first-order chi connectivity index (χ1) is 14.9. The highest BCUT2D eigenvalue weighted by atomic mass is 19.1. The van der Waals surface area contributed by atoms with E-state index in [1.807, 2.05) is 0 Å². The van der Waals surface area contributed by atoms with Crippen LogP contribution in [0, 0.1) is 17.7 Å². The zero-order chi connectivity index (χ0) is 21.7. The number of carbonyl (C=O) groups is 3. The molecule has 1 saturated carbocycles. The lowest BCUT2D eigenvalue weighted by atomic mass is 10.0. The number of aromatic nitrogens is 1. The largest absolute Gasteiger partial charge is 0.442 e. The number of cyclic esters (lactones) is 1. The number of piperidine rings is 1. The summed E-state index contributed by atoms with van der Waals surface area (Å²) in [6.45, 7) is 2.95. The Morgan fingerprint density at radius 1 is 1.23 bits per heavy atom. The molecule has 162 valence electrons. The van der Waals surface area contributed by atoms with Crippen molar-refractivity contribution in [2.45, 2.75) is 18.9 Å². The molecule has 0 spiro atoms. The number of carbonyl (C=O) groups excluding carboxylic acids is 3. The van der Waals surface area contributed by atoms with Crippen molar-refractivity contribution < 1.29 is 28.0 Å². The second kappa shape index (κ2) is 7.36. The van der Waals surface area contributed by atoms with Crippen molar-refractivity contribution in [1.29, 1.82) is 0 Å². The van der Waals surface area contributed by atoms with Gasteiger partial charge in [0.1, 0.15) is 11.9 Å². The molecule has 4 atom stereocenters. The van der Waals surface area contributed by atoms with Gasteiger partial charge in [0.25, 0.3) is 5.91 Å². The van der Waals surface area contributed by atoms with Gasteiger partial charge < -0.3 is 19.5 Å². The fourth-order valence-corrected chi connectivity index (χ4v) is 4.69. The van der Waals surface area contributed by atoms with Crippen LogP contribution >= 0.6 is 0 Å². The van der Waals surface area contributed by atoms with Gasteiger partial charge in [0.15, 0.2) is 0 Å². The third-order valence-electron chi connectivity index (χ3n) is 6.24. The van der Waals surface area contributed by atoms with Crippen molar-refractivity contribution in [2.75, 3.05) is 31.1 Å². The van der Waals surface area contributed by atoms with Gasteiger partial charge in [0, 0.05) is 26.1 Å². The molecule has 2 aromatic rings. The summed E-state index contributed by atoms with van der Waals surface area (Å²) in [7, 11) is 0. The number of benzene rings is 1. The molecule has 3 heterocycles. The van der Waals surface area contributed by atoms with Crippen molar-refractivity contribution in [2.24, 2.45) is 11.8 Å². The van der Waals surface area contributed by atoms with Gasteiger partial charge in [-0.3, -0.25) is 14.5 Å². The van der Waals surface area contributed by atoms with Gasteiger partial charge in [0.05, 0.1) is 25.0 Å². The molecule has 1 aromatic heterocycles. The van der Waals surface area contributed by atoms with E-state index in [2.05, 4.69) is 10.5 Å². The van der Waals surface area contributed by atoms with Gasteiger partial charge in [0.2, 0.25) is 11.7 Å². The molecule has 1 N–H and O–H groups in total. The summed E-state index contributed by atoms with van der Waals surface area (Å²) >= 11 is 0. The third-order valence-corrected chi connectivity index (χ3v) is 6.24. The van der Waals surface area contributed by atoms with Crippen LogP contribution in [0.2, 0.25) is 0 Å². The lowest BCUT2D eigenvalue weighted by Crippen LogP contribution is -2.33. The molecule has 2 aliphatic heterocycles. The average molecular weight is 428 g/mol. The standard InChI is InChI=1S/C21H21FN4O5/c1-11(27)23-7-13-8-26(21(29)30-13)12-2-3-14(17(22)6-12)19-15-9-25(10-16(15)19)20(28)18-4-5-24-31-18/h2-6,13,15-16,19H,7-10H2,1H3,(H,23,27)/t13-,15-,16+,19+/m0/s1. The Hall–Kier alpha value is -3.43. The molecule has 3 aliphatic rings. The zero-order valence-corrected chi connectivity index (χ0v) is 16.8. The molecule has 31 heavy (non-hydrogen) atoms. The van der Waals surface area contributed by atoms with Crippen LogP contribution in [0.15, 0.2) is 35.0 Å². The first-order valence-electron chi connectivity index (χ1n) is 10.1. The molecule has 0 unspecified atom stereocenters. The molecule has 10 heteroatoms. The van der Waals surface area contributed by atoms with E-state index in [1.165, 1.54) is 30.2 Å². The fraction of sp³-hybridized carbons (Fsp3) is 0.429. The van der Waals surface area contributed by atoms with Crippen LogP contribution in [-0.2, 0) is 9.53 Å². The quantitative estimate of drug-likeness (QED) is 0.778. The molecule has 9 nitrogen and oxygen atoms in total. The fourth-order valence-electron chi connectivity index (χ4n) is 4.69. The van der Waals surface area contributed by atoms with Crippen LogP contribution in [0.25, 0.3) is 0 Å². The molecule has 5 rings (SSSR count). The van der Waals surface area contributed by atoms with Gasteiger partial charge >= 0.3 is 6.09 Å². The van der Waals surface area contributed by atoms with Crippen LogP contribution in [0.5, 0.6) is 0 Å². The van der Waals surface area contributed by atoms with Crippen molar-refractivity contribution in [1.82, 2.24) is 15.4 Å². The highest BCUT2D eigenvalue weighted by Gasteiger charge is 2.58.